The first-order valence-corrected chi connectivity index (χ1v) is 7.18. The molecule has 0 aromatic heterocycles. The second-order valence-corrected chi connectivity index (χ2v) is 5.42. The predicted octanol–water partition coefficient (Wildman–Crippen LogP) is 4.57. The number of ether oxygens (including phenoxy) is 2. The van der Waals surface area contributed by atoms with Crippen molar-refractivity contribution in [1.82, 2.24) is 4.31 Å². The molecule has 0 aliphatic rings. The normalized spacial score (nSPS) is 16.9. The predicted molar refractivity (Wildman–Crippen MR) is 61.4 cm³/mol. The van der Waals surface area contributed by atoms with Crippen molar-refractivity contribution < 1.29 is 49.0 Å². The summed E-state index contributed by atoms with van der Waals surface area (Å²) in [6.45, 7) is -0.463. The third-order valence-electron chi connectivity index (χ3n) is 1.84. The van der Waals surface area contributed by atoms with Gasteiger partial charge in [-0.2, -0.15) is 30.6 Å². The molecule has 0 aromatic carbocycles. The summed E-state index contributed by atoms with van der Waals surface area (Å²) in [6, 6.07) is 0. The maximum Gasteiger partial charge on any atom is 0.525 e. The number of hydrogen-bond acceptors (Lipinski definition) is 5. The summed E-state index contributed by atoms with van der Waals surface area (Å²) < 4.78 is 120. The van der Waals surface area contributed by atoms with Crippen molar-refractivity contribution in [2.24, 2.45) is 0 Å². The minimum atomic E-state index is -5.82. The van der Waals surface area contributed by atoms with Crippen LogP contribution < -0.4 is 0 Å². The van der Waals surface area contributed by atoms with Crippen LogP contribution in [0.1, 0.15) is 6.92 Å². The van der Waals surface area contributed by atoms with Gasteiger partial charge in [0.2, 0.25) is 0 Å². The van der Waals surface area contributed by atoms with E-state index in [0.29, 0.717) is 6.26 Å². The summed E-state index contributed by atoms with van der Waals surface area (Å²) in [5.74, 6) is 0. The van der Waals surface area contributed by atoms with E-state index in [-0.39, 0.29) is 6.61 Å². The first-order chi connectivity index (χ1) is 9.68. The smallest absolute Gasteiger partial charge is 0.365 e. The molecule has 0 bridgehead atoms. The van der Waals surface area contributed by atoms with Crippen LogP contribution >= 0.6 is 23.7 Å². The Balaban J connectivity index is 5.81. The molecule has 0 spiro atoms. The summed E-state index contributed by atoms with van der Waals surface area (Å²) in [4.78, 5) is 0. The Labute approximate surface area is 127 Å². The molecule has 0 aliphatic heterocycles. The Morgan fingerprint density at radius 3 is 1.73 bits per heavy atom. The lowest BCUT2D eigenvalue weighted by molar-refractivity contribution is -0.410. The molecule has 0 aromatic rings. The van der Waals surface area contributed by atoms with Crippen LogP contribution in [0.5, 0.6) is 0 Å². The molecule has 3 nitrogen and oxygen atoms in total. The third-order valence-corrected chi connectivity index (χ3v) is 3.84. The minimum Gasteiger partial charge on any atom is -0.365 e. The lowest BCUT2D eigenvalue weighted by Gasteiger charge is -2.41. The number of nitrogens with zero attached hydrogens (tertiary/aromatic N) is 1. The van der Waals surface area contributed by atoms with E-state index in [4.69, 9.17) is 0 Å². The number of hydrogen-bond donors (Lipinski definition) is 0. The monoisotopic (exact) mass is 387 g/mol. The standard InChI is InChI=1S/C8H10F9NO2S2/c1-3-19-4-18(22-8(15,16)17)6(21-2,5(9,10)11)20-7(12,13)14/h3-4H2,1-2H3. The number of alkyl halides is 9. The molecule has 1 unspecified atom stereocenters. The van der Waals surface area contributed by atoms with E-state index in [1.54, 1.807) is 0 Å². The molecule has 134 valence electrons. The Morgan fingerprint density at radius 2 is 1.45 bits per heavy atom. The molecular formula is C8H10F9NO2S2. The molecule has 0 fully saturated rings. The molecular weight excluding hydrogens is 377 g/mol. The highest BCUT2D eigenvalue weighted by Gasteiger charge is 2.66. The Morgan fingerprint density at radius 1 is 0.955 bits per heavy atom. The number of thioether (sulfide) groups is 1. The van der Waals surface area contributed by atoms with Gasteiger partial charge in [-0.25, -0.2) is 4.74 Å². The summed E-state index contributed by atoms with van der Waals surface area (Å²) in [5.41, 5.74) is -5.28. The SMILES string of the molecule is CCOCN(SC(F)(F)F)C(OC(F)(F)F)(SC)C(F)(F)F. The van der Waals surface area contributed by atoms with Crippen LogP contribution in [0.2, 0.25) is 0 Å². The molecule has 0 rings (SSSR count). The quantitative estimate of drug-likeness (QED) is 0.362. The molecule has 0 N–H and O–H groups in total. The van der Waals surface area contributed by atoms with Gasteiger partial charge in [-0.1, -0.05) is 0 Å². The molecule has 22 heavy (non-hydrogen) atoms. The first kappa shape index (κ1) is 21.9. The van der Waals surface area contributed by atoms with Gasteiger partial charge in [0.25, 0.3) is 5.06 Å². The molecule has 0 heterocycles. The second-order valence-electron chi connectivity index (χ2n) is 3.37. The lowest BCUT2D eigenvalue weighted by Crippen LogP contribution is -2.58. The van der Waals surface area contributed by atoms with Crippen molar-refractivity contribution >= 4 is 23.7 Å². The molecule has 0 amide bonds. The van der Waals surface area contributed by atoms with Crippen molar-refractivity contribution in [3.05, 3.63) is 0 Å². The van der Waals surface area contributed by atoms with E-state index in [0.717, 1.165) is 0 Å². The largest absolute Gasteiger partial charge is 0.525 e. The fourth-order valence-electron chi connectivity index (χ4n) is 1.14. The van der Waals surface area contributed by atoms with Gasteiger partial charge in [0.1, 0.15) is 6.73 Å². The highest BCUT2D eigenvalue weighted by Crippen LogP contribution is 2.52. The highest BCUT2D eigenvalue weighted by atomic mass is 32.2. The number of halogens is 9. The van der Waals surface area contributed by atoms with Gasteiger partial charge in [0.15, 0.2) is 0 Å². The van der Waals surface area contributed by atoms with Crippen molar-refractivity contribution in [1.29, 1.82) is 0 Å². The Hall–Kier alpha value is -0.0500. The average molecular weight is 387 g/mol. The van der Waals surface area contributed by atoms with Crippen LogP contribution in [0, 0.1) is 0 Å². The zero-order valence-electron chi connectivity index (χ0n) is 10.9. The lowest BCUT2D eigenvalue weighted by atomic mass is 10.5. The van der Waals surface area contributed by atoms with E-state index < -0.39 is 57.8 Å². The van der Waals surface area contributed by atoms with Gasteiger partial charge in [-0.3, -0.25) is 0 Å². The van der Waals surface area contributed by atoms with Gasteiger partial charge in [-0.05, 0) is 13.2 Å². The van der Waals surface area contributed by atoms with Gasteiger partial charge < -0.3 is 4.74 Å². The molecule has 0 aliphatic carbocycles. The summed E-state index contributed by atoms with van der Waals surface area (Å²) in [7, 11) is 0. The topological polar surface area (TPSA) is 21.7 Å². The molecule has 1 atom stereocenters. The molecule has 0 radical (unpaired) electrons. The van der Waals surface area contributed by atoms with E-state index in [2.05, 4.69) is 9.47 Å². The number of rotatable bonds is 7. The molecule has 0 saturated carbocycles. The average Bonchev–Trinajstić information content (AvgIpc) is 2.27. The van der Waals surface area contributed by atoms with Crippen LogP contribution in [0.15, 0.2) is 0 Å². The first-order valence-electron chi connectivity index (χ1n) is 5.18. The van der Waals surface area contributed by atoms with Gasteiger partial charge in [0.05, 0.1) is 0 Å². The van der Waals surface area contributed by atoms with Crippen LogP contribution in [-0.2, 0) is 9.47 Å². The van der Waals surface area contributed by atoms with Crippen LogP contribution in [0.4, 0.5) is 39.5 Å². The maximum absolute atomic E-state index is 13.0. The van der Waals surface area contributed by atoms with Gasteiger partial charge >= 0.3 is 18.0 Å². The van der Waals surface area contributed by atoms with Crippen molar-refractivity contribution in [3.8, 4) is 0 Å². The van der Waals surface area contributed by atoms with E-state index in [1.807, 2.05) is 0 Å². The maximum atomic E-state index is 13.0. The highest BCUT2D eigenvalue weighted by molar-refractivity contribution is 8.02. The zero-order chi connectivity index (χ0) is 17.8. The molecule has 0 saturated heterocycles. The Bertz CT molecular complexity index is 346. The summed E-state index contributed by atoms with van der Waals surface area (Å²) in [6.07, 6.45) is -11.1. The molecule has 14 heteroatoms. The van der Waals surface area contributed by atoms with Gasteiger partial charge in [0, 0.05) is 18.6 Å². The summed E-state index contributed by atoms with van der Waals surface area (Å²) in [5, 5.41) is -4.32. The Kier molecular flexibility index (Phi) is 7.66. The van der Waals surface area contributed by atoms with Crippen LogP contribution in [0.3, 0.4) is 0 Å². The van der Waals surface area contributed by atoms with E-state index in [1.165, 1.54) is 6.92 Å². The van der Waals surface area contributed by atoms with Crippen molar-refractivity contribution in [2.45, 2.75) is 30.0 Å². The second kappa shape index (κ2) is 7.68. The zero-order valence-corrected chi connectivity index (χ0v) is 12.5. The van der Waals surface area contributed by atoms with Crippen LogP contribution in [0.25, 0.3) is 0 Å². The van der Waals surface area contributed by atoms with Crippen molar-refractivity contribution in [2.75, 3.05) is 19.6 Å². The fourth-order valence-corrected chi connectivity index (χ4v) is 2.78. The van der Waals surface area contributed by atoms with E-state index in [9.17, 15) is 39.5 Å². The van der Waals surface area contributed by atoms with Crippen LogP contribution in [-0.4, -0.2) is 47.0 Å². The fraction of sp³-hybridized carbons (Fsp3) is 1.00. The van der Waals surface area contributed by atoms with E-state index >= 15 is 0 Å². The van der Waals surface area contributed by atoms with Crippen molar-refractivity contribution in [3.63, 3.8) is 0 Å². The summed E-state index contributed by atoms with van der Waals surface area (Å²) >= 11 is -2.01. The third kappa shape index (κ3) is 6.60. The van der Waals surface area contributed by atoms with Gasteiger partial charge in [-0.15, -0.1) is 24.9 Å². The minimum absolute atomic E-state index is 0.316.